The fourth-order valence-electron chi connectivity index (χ4n) is 1.17. The Labute approximate surface area is 87.2 Å². The lowest BCUT2D eigenvalue weighted by Crippen LogP contribution is -2.10. The molecule has 0 radical (unpaired) electrons. The van der Waals surface area contributed by atoms with Gasteiger partial charge < -0.3 is 0 Å². The smallest absolute Gasteiger partial charge is 0.121 e. The molecule has 0 fully saturated rings. The Morgan fingerprint density at radius 2 is 1.86 bits per heavy atom. The van der Waals surface area contributed by atoms with Crippen molar-refractivity contribution in [1.82, 2.24) is 0 Å². The molecule has 0 aromatic heterocycles. The Hall–Kier alpha value is -0.850. The third-order valence-corrected chi connectivity index (χ3v) is 2.50. The summed E-state index contributed by atoms with van der Waals surface area (Å²) in [6.07, 6.45) is 4.34. The second kappa shape index (κ2) is 5.14. The molecule has 0 nitrogen and oxygen atoms in total. The molecule has 80 valence electrons. The van der Waals surface area contributed by atoms with Gasteiger partial charge in [0.25, 0.3) is 0 Å². The maximum atomic E-state index is 13.4. The summed E-state index contributed by atoms with van der Waals surface area (Å²) in [4.78, 5) is 0. The first kappa shape index (κ1) is 13.2. The van der Waals surface area contributed by atoms with Crippen molar-refractivity contribution in [2.24, 2.45) is 5.41 Å². The third kappa shape index (κ3) is 3.49. The van der Waals surface area contributed by atoms with Crippen LogP contribution in [0.4, 0.5) is 4.39 Å². The Kier molecular flexibility index (Phi) is 4.82. The van der Waals surface area contributed by atoms with Crippen molar-refractivity contribution in [1.29, 1.82) is 0 Å². The number of hydrogen-bond donors (Lipinski definition) is 0. The van der Waals surface area contributed by atoms with E-state index in [2.05, 4.69) is 6.58 Å². The van der Waals surface area contributed by atoms with Crippen LogP contribution in [0.5, 0.6) is 0 Å². The minimum atomic E-state index is -0.128. The van der Waals surface area contributed by atoms with Crippen molar-refractivity contribution in [2.45, 2.75) is 41.0 Å². The fourth-order valence-corrected chi connectivity index (χ4v) is 1.17. The molecule has 0 aliphatic carbocycles. The van der Waals surface area contributed by atoms with Gasteiger partial charge in [-0.3, -0.25) is 0 Å². The van der Waals surface area contributed by atoms with Gasteiger partial charge in [0.1, 0.15) is 5.83 Å². The number of rotatable bonds is 4. The number of allylic oxidation sites excluding steroid dienone is 5. The van der Waals surface area contributed by atoms with Crippen LogP contribution in [0.25, 0.3) is 0 Å². The van der Waals surface area contributed by atoms with Gasteiger partial charge in [0.2, 0.25) is 0 Å². The molecule has 0 heterocycles. The molecule has 0 aromatic rings. The summed E-state index contributed by atoms with van der Waals surface area (Å²) in [7, 11) is 0. The van der Waals surface area contributed by atoms with Crippen LogP contribution in [0.3, 0.4) is 0 Å². The van der Waals surface area contributed by atoms with Gasteiger partial charge in [-0.15, -0.1) is 6.58 Å². The van der Waals surface area contributed by atoms with Crippen LogP contribution in [-0.2, 0) is 0 Å². The zero-order valence-corrected chi connectivity index (χ0v) is 9.95. The molecule has 0 saturated carbocycles. The minimum absolute atomic E-state index is 0.123. The topological polar surface area (TPSA) is 0 Å². The molecule has 0 spiro atoms. The van der Waals surface area contributed by atoms with Crippen LogP contribution >= 0.6 is 0 Å². The summed E-state index contributed by atoms with van der Waals surface area (Å²) in [5, 5.41) is 0. The van der Waals surface area contributed by atoms with Crippen molar-refractivity contribution >= 4 is 0 Å². The third-order valence-electron chi connectivity index (χ3n) is 2.50. The van der Waals surface area contributed by atoms with Crippen molar-refractivity contribution < 1.29 is 4.39 Å². The van der Waals surface area contributed by atoms with Crippen LogP contribution < -0.4 is 0 Å². The average Bonchev–Trinajstić information content (AvgIpc) is 2.13. The van der Waals surface area contributed by atoms with Gasteiger partial charge >= 0.3 is 0 Å². The standard InChI is InChI=1S/C13H21F/c1-7-11(13(5,6)8-2)9-12(14)10(3)4/h8-9H,2,7H2,1,3-6H3/b11-9+. The number of halogens is 1. The van der Waals surface area contributed by atoms with E-state index in [0.29, 0.717) is 0 Å². The quantitative estimate of drug-likeness (QED) is 0.447. The number of hydrogen-bond acceptors (Lipinski definition) is 0. The van der Waals surface area contributed by atoms with E-state index in [9.17, 15) is 4.39 Å². The fraction of sp³-hybridized carbons (Fsp3) is 0.538. The van der Waals surface area contributed by atoms with E-state index in [-0.39, 0.29) is 11.2 Å². The van der Waals surface area contributed by atoms with E-state index in [0.717, 1.165) is 17.6 Å². The molecule has 0 unspecified atom stereocenters. The summed E-state index contributed by atoms with van der Waals surface area (Å²) in [6, 6.07) is 0. The predicted molar refractivity (Wildman–Crippen MR) is 61.8 cm³/mol. The van der Waals surface area contributed by atoms with Gasteiger partial charge in [-0.1, -0.05) is 32.4 Å². The van der Waals surface area contributed by atoms with E-state index >= 15 is 0 Å². The molecule has 0 amide bonds. The Balaban J connectivity index is 5.10. The molecule has 0 aliphatic rings. The maximum absolute atomic E-state index is 13.4. The van der Waals surface area contributed by atoms with E-state index in [1.807, 2.05) is 26.8 Å². The maximum Gasteiger partial charge on any atom is 0.121 e. The van der Waals surface area contributed by atoms with Crippen molar-refractivity contribution in [3.05, 3.63) is 35.7 Å². The first-order valence-electron chi connectivity index (χ1n) is 5.02. The van der Waals surface area contributed by atoms with Gasteiger partial charge in [0.05, 0.1) is 0 Å². The van der Waals surface area contributed by atoms with Gasteiger partial charge in [-0.25, -0.2) is 4.39 Å². The molecular weight excluding hydrogens is 175 g/mol. The molecule has 0 bridgehead atoms. The minimum Gasteiger partial charge on any atom is -0.207 e. The highest BCUT2D eigenvalue weighted by Gasteiger charge is 2.17. The molecule has 0 aliphatic heterocycles. The molecule has 0 atom stereocenters. The van der Waals surface area contributed by atoms with Crippen LogP contribution in [0.15, 0.2) is 35.7 Å². The van der Waals surface area contributed by atoms with Crippen LogP contribution in [0.2, 0.25) is 0 Å². The van der Waals surface area contributed by atoms with Crippen LogP contribution in [-0.4, -0.2) is 0 Å². The predicted octanol–water partition coefficient (Wildman–Crippen LogP) is 4.80. The first-order chi connectivity index (χ1) is 6.35. The van der Waals surface area contributed by atoms with E-state index in [1.54, 1.807) is 19.9 Å². The first-order valence-corrected chi connectivity index (χ1v) is 5.02. The lowest BCUT2D eigenvalue weighted by atomic mass is 9.82. The van der Waals surface area contributed by atoms with Gasteiger partial charge in [0, 0.05) is 5.41 Å². The van der Waals surface area contributed by atoms with Crippen molar-refractivity contribution in [3.8, 4) is 0 Å². The highest BCUT2D eigenvalue weighted by Crippen LogP contribution is 2.31. The normalized spacial score (nSPS) is 12.6. The molecule has 0 aromatic carbocycles. The Bertz CT molecular complexity index is 263. The summed E-state index contributed by atoms with van der Waals surface area (Å²) >= 11 is 0. The van der Waals surface area contributed by atoms with Crippen molar-refractivity contribution in [2.75, 3.05) is 0 Å². The molecular formula is C13H21F. The zero-order chi connectivity index (χ0) is 11.4. The lowest BCUT2D eigenvalue weighted by molar-refractivity contribution is 0.552. The van der Waals surface area contributed by atoms with Crippen LogP contribution in [0.1, 0.15) is 41.0 Å². The summed E-state index contributed by atoms with van der Waals surface area (Å²) in [5.74, 6) is -0.128. The molecule has 1 heteroatoms. The molecule has 14 heavy (non-hydrogen) atoms. The summed E-state index contributed by atoms with van der Waals surface area (Å²) in [6.45, 7) is 13.5. The van der Waals surface area contributed by atoms with E-state index in [1.165, 1.54) is 0 Å². The van der Waals surface area contributed by atoms with Gasteiger partial charge in [-0.05, 0) is 31.9 Å². The highest BCUT2D eigenvalue weighted by atomic mass is 19.1. The highest BCUT2D eigenvalue weighted by molar-refractivity contribution is 5.27. The Morgan fingerprint density at radius 3 is 2.14 bits per heavy atom. The monoisotopic (exact) mass is 196 g/mol. The Morgan fingerprint density at radius 1 is 1.36 bits per heavy atom. The van der Waals surface area contributed by atoms with Gasteiger partial charge in [-0.2, -0.15) is 0 Å². The summed E-state index contributed by atoms with van der Waals surface area (Å²) in [5.41, 5.74) is 1.67. The summed E-state index contributed by atoms with van der Waals surface area (Å²) < 4.78 is 13.4. The van der Waals surface area contributed by atoms with Gasteiger partial charge in [0.15, 0.2) is 0 Å². The zero-order valence-electron chi connectivity index (χ0n) is 9.95. The molecule has 0 N–H and O–H groups in total. The average molecular weight is 196 g/mol. The second-order valence-corrected chi connectivity index (χ2v) is 4.30. The van der Waals surface area contributed by atoms with E-state index < -0.39 is 0 Å². The van der Waals surface area contributed by atoms with Crippen LogP contribution in [0, 0.1) is 5.41 Å². The molecule has 0 rings (SSSR count). The van der Waals surface area contributed by atoms with E-state index in [4.69, 9.17) is 0 Å². The second-order valence-electron chi connectivity index (χ2n) is 4.30. The van der Waals surface area contributed by atoms with Crippen molar-refractivity contribution in [3.63, 3.8) is 0 Å². The lowest BCUT2D eigenvalue weighted by Gasteiger charge is -2.23. The SMILES string of the molecule is C=CC(C)(C)/C(=C/C(F)=C(C)C)CC. The largest absolute Gasteiger partial charge is 0.207 e. The molecule has 0 saturated heterocycles.